The van der Waals surface area contributed by atoms with E-state index in [1.54, 1.807) is 18.4 Å². The van der Waals surface area contributed by atoms with Crippen molar-refractivity contribution in [2.75, 3.05) is 12.8 Å². The number of nitrogens with zero attached hydrogens (tertiary/aromatic N) is 2. The number of ether oxygens (including phenoxy) is 1. The zero-order valence-corrected chi connectivity index (χ0v) is 12.6. The molecule has 1 aromatic carbocycles. The molecule has 0 spiro atoms. The van der Waals surface area contributed by atoms with Crippen LogP contribution in [0.25, 0.3) is 22.4 Å². The van der Waals surface area contributed by atoms with Gasteiger partial charge in [-0.25, -0.2) is 4.98 Å². The lowest BCUT2D eigenvalue weighted by Crippen LogP contribution is -1.93. The van der Waals surface area contributed by atoms with Crippen molar-refractivity contribution in [1.29, 1.82) is 0 Å². The van der Waals surface area contributed by atoms with Crippen molar-refractivity contribution in [3.05, 3.63) is 29.1 Å². The van der Waals surface area contributed by atoms with E-state index in [0.29, 0.717) is 0 Å². The SMILES string of the molecule is CCc1cc(-c2nc3cc(OC)ccc3n2C)c(N)s1. The van der Waals surface area contributed by atoms with Gasteiger partial charge >= 0.3 is 0 Å². The minimum Gasteiger partial charge on any atom is -0.497 e. The molecule has 2 aromatic heterocycles. The standard InChI is InChI=1S/C15H17N3OS/c1-4-10-8-11(14(16)20-10)15-17-12-7-9(19-3)5-6-13(12)18(15)2/h5-8H,4,16H2,1-3H3. The zero-order chi connectivity index (χ0) is 14.3. The van der Waals surface area contributed by atoms with Gasteiger partial charge in [-0.15, -0.1) is 11.3 Å². The van der Waals surface area contributed by atoms with Crippen LogP contribution in [0.1, 0.15) is 11.8 Å². The van der Waals surface area contributed by atoms with Crippen LogP contribution >= 0.6 is 11.3 Å². The van der Waals surface area contributed by atoms with Gasteiger partial charge in [-0.1, -0.05) is 6.92 Å². The molecule has 4 nitrogen and oxygen atoms in total. The molecule has 0 radical (unpaired) electrons. The summed E-state index contributed by atoms with van der Waals surface area (Å²) >= 11 is 1.64. The van der Waals surface area contributed by atoms with Gasteiger partial charge in [-0.2, -0.15) is 0 Å². The number of nitrogens with two attached hydrogens (primary N) is 1. The molecular weight excluding hydrogens is 270 g/mol. The maximum Gasteiger partial charge on any atom is 0.143 e. The van der Waals surface area contributed by atoms with E-state index in [1.165, 1.54) is 4.88 Å². The fourth-order valence-corrected chi connectivity index (χ4v) is 3.22. The topological polar surface area (TPSA) is 53.1 Å². The highest BCUT2D eigenvalue weighted by atomic mass is 32.1. The van der Waals surface area contributed by atoms with Gasteiger partial charge in [0.15, 0.2) is 0 Å². The van der Waals surface area contributed by atoms with E-state index in [-0.39, 0.29) is 0 Å². The molecule has 0 bridgehead atoms. The molecule has 5 heteroatoms. The lowest BCUT2D eigenvalue weighted by atomic mass is 10.2. The van der Waals surface area contributed by atoms with Crippen molar-refractivity contribution in [2.45, 2.75) is 13.3 Å². The summed E-state index contributed by atoms with van der Waals surface area (Å²) < 4.78 is 7.33. The highest BCUT2D eigenvalue weighted by Gasteiger charge is 2.15. The number of aromatic nitrogens is 2. The molecule has 2 heterocycles. The predicted molar refractivity (Wildman–Crippen MR) is 84.4 cm³/mol. The van der Waals surface area contributed by atoms with Crippen LogP contribution in [0.2, 0.25) is 0 Å². The molecule has 0 atom stereocenters. The lowest BCUT2D eigenvalue weighted by molar-refractivity contribution is 0.415. The van der Waals surface area contributed by atoms with E-state index in [9.17, 15) is 0 Å². The first kappa shape index (κ1) is 13.0. The van der Waals surface area contributed by atoms with Gasteiger partial charge in [0.25, 0.3) is 0 Å². The van der Waals surface area contributed by atoms with Gasteiger partial charge in [-0.3, -0.25) is 0 Å². The third-order valence-corrected chi connectivity index (χ3v) is 4.60. The second-order valence-electron chi connectivity index (χ2n) is 4.69. The second kappa shape index (κ2) is 4.83. The van der Waals surface area contributed by atoms with E-state index < -0.39 is 0 Å². The number of fused-ring (bicyclic) bond motifs is 1. The molecule has 0 fully saturated rings. The van der Waals surface area contributed by atoms with Crippen LogP contribution in [0, 0.1) is 0 Å². The zero-order valence-electron chi connectivity index (χ0n) is 11.8. The summed E-state index contributed by atoms with van der Waals surface area (Å²) in [6.07, 6.45) is 0.993. The Morgan fingerprint density at radius 3 is 2.80 bits per heavy atom. The Kier molecular flexibility index (Phi) is 3.14. The Morgan fingerprint density at radius 2 is 2.15 bits per heavy atom. The number of benzene rings is 1. The number of nitrogen functional groups attached to an aromatic ring is 1. The molecule has 3 rings (SSSR count). The van der Waals surface area contributed by atoms with Gasteiger partial charge in [0.05, 0.1) is 28.7 Å². The van der Waals surface area contributed by atoms with Crippen molar-refractivity contribution >= 4 is 27.4 Å². The Hall–Kier alpha value is -2.01. The first-order chi connectivity index (χ1) is 9.63. The minimum absolute atomic E-state index is 0.815. The summed E-state index contributed by atoms with van der Waals surface area (Å²) in [4.78, 5) is 5.99. The average molecular weight is 287 g/mol. The summed E-state index contributed by atoms with van der Waals surface area (Å²) in [6.45, 7) is 2.13. The molecule has 20 heavy (non-hydrogen) atoms. The van der Waals surface area contributed by atoms with Gasteiger partial charge in [0.2, 0.25) is 0 Å². The van der Waals surface area contributed by atoms with Crippen LogP contribution in [-0.4, -0.2) is 16.7 Å². The molecule has 0 aliphatic heterocycles. The Balaban J connectivity index is 2.20. The van der Waals surface area contributed by atoms with Crippen LogP contribution in [0.5, 0.6) is 5.75 Å². The van der Waals surface area contributed by atoms with Gasteiger partial charge < -0.3 is 15.0 Å². The van der Waals surface area contributed by atoms with E-state index in [1.807, 2.05) is 25.2 Å². The number of aryl methyl sites for hydroxylation is 2. The number of thiophene rings is 1. The third-order valence-electron chi connectivity index (χ3n) is 3.49. The quantitative estimate of drug-likeness (QED) is 0.802. The number of rotatable bonds is 3. The molecule has 0 saturated heterocycles. The summed E-state index contributed by atoms with van der Waals surface area (Å²) in [7, 11) is 3.68. The summed E-state index contributed by atoms with van der Waals surface area (Å²) in [5.74, 6) is 1.72. The van der Waals surface area contributed by atoms with Crippen LogP contribution < -0.4 is 10.5 Å². The molecule has 0 aliphatic rings. The van der Waals surface area contributed by atoms with E-state index in [0.717, 1.165) is 39.6 Å². The molecule has 2 N–H and O–H groups in total. The predicted octanol–water partition coefficient (Wildman–Crippen LogP) is 3.46. The first-order valence-corrected chi connectivity index (χ1v) is 7.34. The monoisotopic (exact) mass is 287 g/mol. The van der Waals surface area contributed by atoms with Crippen molar-refractivity contribution in [1.82, 2.24) is 9.55 Å². The van der Waals surface area contributed by atoms with Crippen LogP contribution in [-0.2, 0) is 13.5 Å². The highest BCUT2D eigenvalue weighted by Crippen LogP contribution is 2.35. The van der Waals surface area contributed by atoms with Crippen molar-refractivity contribution in [2.24, 2.45) is 7.05 Å². The highest BCUT2D eigenvalue weighted by molar-refractivity contribution is 7.16. The third kappa shape index (κ3) is 1.94. The largest absolute Gasteiger partial charge is 0.497 e. The molecule has 0 aliphatic carbocycles. The number of hydrogen-bond acceptors (Lipinski definition) is 4. The fourth-order valence-electron chi connectivity index (χ4n) is 2.35. The molecular formula is C15H17N3OS. The second-order valence-corrected chi connectivity index (χ2v) is 5.86. The maximum atomic E-state index is 6.14. The number of imidazole rings is 1. The van der Waals surface area contributed by atoms with E-state index in [4.69, 9.17) is 15.5 Å². The molecule has 0 unspecified atom stereocenters. The smallest absolute Gasteiger partial charge is 0.143 e. The first-order valence-electron chi connectivity index (χ1n) is 6.53. The van der Waals surface area contributed by atoms with Crippen molar-refractivity contribution in [3.63, 3.8) is 0 Å². The van der Waals surface area contributed by atoms with Crippen molar-refractivity contribution < 1.29 is 4.74 Å². The molecule has 0 saturated carbocycles. The lowest BCUT2D eigenvalue weighted by Gasteiger charge is -2.01. The summed E-state index contributed by atoms with van der Waals surface area (Å²) in [5.41, 5.74) is 9.15. The van der Waals surface area contributed by atoms with Gasteiger partial charge in [0, 0.05) is 18.0 Å². The summed E-state index contributed by atoms with van der Waals surface area (Å²) in [5, 5.41) is 0.826. The maximum absolute atomic E-state index is 6.14. The van der Waals surface area contributed by atoms with Crippen LogP contribution in [0.3, 0.4) is 0 Å². The Morgan fingerprint density at radius 1 is 1.35 bits per heavy atom. The fraction of sp³-hybridized carbons (Fsp3) is 0.267. The van der Waals surface area contributed by atoms with Gasteiger partial charge in [0.1, 0.15) is 11.6 Å². The molecule has 0 amide bonds. The summed E-state index contributed by atoms with van der Waals surface area (Å²) in [6, 6.07) is 8.05. The normalized spacial score (nSPS) is 11.2. The van der Waals surface area contributed by atoms with E-state index >= 15 is 0 Å². The number of anilines is 1. The Bertz CT molecular complexity index is 773. The number of methoxy groups -OCH3 is 1. The molecule has 3 aromatic rings. The van der Waals surface area contributed by atoms with Crippen molar-refractivity contribution in [3.8, 4) is 17.1 Å². The Labute approximate surface area is 121 Å². The average Bonchev–Trinajstić information content (AvgIpc) is 2.99. The van der Waals surface area contributed by atoms with Gasteiger partial charge in [-0.05, 0) is 24.6 Å². The minimum atomic E-state index is 0.815. The van der Waals surface area contributed by atoms with Crippen LogP contribution in [0.4, 0.5) is 5.00 Å². The van der Waals surface area contributed by atoms with Crippen LogP contribution in [0.15, 0.2) is 24.3 Å². The van der Waals surface area contributed by atoms with E-state index in [2.05, 4.69) is 17.6 Å². The molecule has 104 valence electrons. The number of hydrogen-bond donors (Lipinski definition) is 1.